The number of carbonyl (C=O) groups is 2. The number of halogens is 1. The Hall–Kier alpha value is -1.99. The second kappa shape index (κ2) is 8.03. The van der Waals surface area contributed by atoms with Gasteiger partial charge in [-0.2, -0.15) is 0 Å². The predicted molar refractivity (Wildman–Crippen MR) is 85.8 cm³/mol. The van der Waals surface area contributed by atoms with Crippen LogP contribution in [-0.4, -0.2) is 27.3 Å². The van der Waals surface area contributed by atoms with Crippen molar-refractivity contribution in [3.05, 3.63) is 38.9 Å². The highest BCUT2D eigenvalue weighted by Gasteiger charge is 2.43. The third-order valence-electron chi connectivity index (χ3n) is 3.62. The SMILES string of the molecule is CCCCCCC(N)(C(=O)O)C(=O)c1cc([N+](=O)[O-])ccc1Cl. The van der Waals surface area contributed by atoms with Crippen molar-refractivity contribution in [2.24, 2.45) is 5.73 Å². The minimum atomic E-state index is -2.15. The van der Waals surface area contributed by atoms with E-state index in [0.29, 0.717) is 6.42 Å². The van der Waals surface area contributed by atoms with Gasteiger partial charge in [0.25, 0.3) is 5.69 Å². The van der Waals surface area contributed by atoms with E-state index in [0.717, 1.165) is 31.4 Å². The first kappa shape index (κ1) is 19.1. The highest BCUT2D eigenvalue weighted by atomic mass is 35.5. The maximum Gasteiger partial charge on any atom is 0.331 e. The van der Waals surface area contributed by atoms with Gasteiger partial charge < -0.3 is 10.8 Å². The van der Waals surface area contributed by atoms with Crippen molar-refractivity contribution >= 4 is 29.0 Å². The molecular formula is C15H19ClN2O5. The van der Waals surface area contributed by atoms with Gasteiger partial charge in [-0.1, -0.05) is 44.2 Å². The number of rotatable bonds is 9. The summed E-state index contributed by atoms with van der Waals surface area (Å²) in [7, 11) is 0. The normalized spacial score (nSPS) is 13.3. The molecule has 0 saturated carbocycles. The summed E-state index contributed by atoms with van der Waals surface area (Å²) in [6.45, 7) is 2.00. The van der Waals surface area contributed by atoms with Crippen LogP contribution in [-0.2, 0) is 4.79 Å². The number of ketones is 1. The van der Waals surface area contributed by atoms with Crippen LogP contribution in [0.1, 0.15) is 49.4 Å². The largest absolute Gasteiger partial charge is 0.480 e. The summed E-state index contributed by atoms with van der Waals surface area (Å²) in [5.74, 6) is -2.39. The number of nitro benzene ring substituents is 1. The van der Waals surface area contributed by atoms with Crippen LogP contribution < -0.4 is 5.73 Å². The quantitative estimate of drug-likeness (QED) is 0.233. The highest BCUT2D eigenvalue weighted by Crippen LogP contribution is 2.27. The monoisotopic (exact) mass is 342 g/mol. The van der Waals surface area contributed by atoms with Gasteiger partial charge in [0.15, 0.2) is 11.3 Å². The van der Waals surface area contributed by atoms with Crippen LogP contribution in [0.15, 0.2) is 18.2 Å². The number of carboxylic acids is 1. The van der Waals surface area contributed by atoms with E-state index in [1.165, 1.54) is 6.07 Å². The highest BCUT2D eigenvalue weighted by molar-refractivity contribution is 6.35. The van der Waals surface area contributed by atoms with Crippen LogP contribution in [0.2, 0.25) is 5.02 Å². The molecule has 0 bridgehead atoms. The molecule has 0 radical (unpaired) electrons. The maximum absolute atomic E-state index is 12.6. The predicted octanol–water partition coefficient (Wildman–Crippen LogP) is 3.18. The number of nitro groups is 1. The third kappa shape index (κ3) is 4.49. The van der Waals surface area contributed by atoms with Gasteiger partial charge in [0.1, 0.15) is 0 Å². The Morgan fingerprint density at radius 1 is 1.35 bits per heavy atom. The number of non-ortho nitro benzene ring substituents is 1. The first-order valence-corrected chi connectivity index (χ1v) is 7.62. The van der Waals surface area contributed by atoms with E-state index in [-0.39, 0.29) is 22.7 Å². The van der Waals surface area contributed by atoms with Crippen LogP contribution in [0.3, 0.4) is 0 Å². The fraction of sp³-hybridized carbons (Fsp3) is 0.467. The molecule has 0 spiro atoms. The molecule has 3 N–H and O–H groups in total. The summed E-state index contributed by atoms with van der Waals surface area (Å²) < 4.78 is 0. The number of Topliss-reactive ketones (excluding diaryl/α,β-unsaturated/α-hetero) is 1. The minimum absolute atomic E-state index is 0.0554. The summed E-state index contributed by atoms with van der Waals surface area (Å²) in [6.07, 6.45) is 3.02. The minimum Gasteiger partial charge on any atom is -0.480 e. The van der Waals surface area contributed by atoms with Gasteiger partial charge in [0.05, 0.1) is 9.95 Å². The lowest BCUT2D eigenvalue weighted by Crippen LogP contribution is -2.55. The number of hydrogen-bond acceptors (Lipinski definition) is 5. The van der Waals surface area contributed by atoms with E-state index in [1.54, 1.807) is 0 Å². The van der Waals surface area contributed by atoms with Crippen LogP contribution in [0.5, 0.6) is 0 Å². The van der Waals surface area contributed by atoms with E-state index < -0.39 is 22.2 Å². The molecule has 126 valence electrons. The Morgan fingerprint density at radius 2 is 2.00 bits per heavy atom. The van der Waals surface area contributed by atoms with E-state index in [2.05, 4.69) is 0 Å². The fourth-order valence-corrected chi connectivity index (χ4v) is 2.39. The Kier molecular flexibility index (Phi) is 6.65. The fourth-order valence-electron chi connectivity index (χ4n) is 2.19. The van der Waals surface area contributed by atoms with E-state index in [9.17, 15) is 24.8 Å². The molecule has 0 aliphatic carbocycles. The van der Waals surface area contributed by atoms with Crippen molar-refractivity contribution in [3.8, 4) is 0 Å². The first-order valence-electron chi connectivity index (χ1n) is 7.25. The van der Waals surface area contributed by atoms with Crippen molar-refractivity contribution in [1.82, 2.24) is 0 Å². The molecule has 0 aliphatic heterocycles. The van der Waals surface area contributed by atoms with Gasteiger partial charge in [0, 0.05) is 17.7 Å². The molecule has 1 aromatic carbocycles. The van der Waals surface area contributed by atoms with Gasteiger partial charge in [-0.15, -0.1) is 0 Å². The lowest BCUT2D eigenvalue weighted by molar-refractivity contribution is -0.384. The molecule has 0 heterocycles. The lowest BCUT2D eigenvalue weighted by atomic mass is 9.85. The van der Waals surface area contributed by atoms with E-state index >= 15 is 0 Å². The van der Waals surface area contributed by atoms with Crippen molar-refractivity contribution < 1.29 is 19.6 Å². The summed E-state index contributed by atoms with van der Waals surface area (Å²) in [5.41, 5.74) is 3.07. The Labute approximate surface area is 138 Å². The molecule has 8 heteroatoms. The number of unbranched alkanes of at least 4 members (excludes halogenated alkanes) is 3. The van der Waals surface area contributed by atoms with Gasteiger partial charge >= 0.3 is 5.97 Å². The van der Waals surface area contributed by atoms with Crippen LogP contribution in [0.25, 0.3) is 0 Å². The Bertz CT molecular complexity index is 620. The lowest BCUT2D eigenvalue weighted by Gasteiger charge is -2.23. The molecule has 0 amide bonds. The summed E-state index contributed by atoms with van der Waals surface area (Å²) in [6, 6.07) is 3.28. The molecule has 1 atom stereocenters. The molecular weight excluding hydrogens is 324 g/mol. The number of carboxylic acid groups (broad SMARTS) is 1. The van der Waals surface area contributed by atoms with Gasteiger partial charge in [-0.3, -0.25) is 14.9 Å². The number of hydrogen-bond donors (Lipinski definition) is 2. The zero-order valence-electron chi connectivity index (χ0n) is 12.8. The number of aliphatic carboxylic acids is 1. The van der Waals surface area contributed by atoms with Gasteiger partial charge in [-0.25, -0.2) is 4.79 Å². The third-order valence-corrected chi connectivity index (χ3v) is 3.95. The molecule has 0 saturated heterocycles. The molecule has 23 heavy (non-hydrogen) atoms. The molecule has 7 nitrogen and oxygen atoms in total. The Balaban J connectivity index is 3.13. The molecule has 1 rings (SSSR count). The summed E-state index contributed by atoms with van der Waals surface area (Å²) in [4.78, 5) is 34.2. The second-order valence-corrected chi connectivity index (χ2v) is 5.74. The molecule has 1 unspecified atom stereocenters. The van der Waals surface area contributed by atoms with Gasteiger partial charge in [0.2, 0.25) is 0 Å². The summed E-state index contributed by atoms with van der Waals surface area (Å²) in [5, 5.41) is 20.1. The van der Waals surface area contributed by atoms with Crippen LogP contribution >= 0.6 is 11.6 Å². The maximum atomic E-state index is 12.6. The molecule has 0 aliphatic rings. The van der Waals surface area contributed by atoms with Crippen LogP contribution in [0.4, 0.5) is 5.69 Å². The zero-order valence-corrected chi connectivity index (χ0v) is 13.5. The standard InChI is InChI=1S/C15H19ClN2O5/c1-2-3-4-5-8-15(17,14(20)21)13(19)11-9-10(18(22)23)6-7-12(11)16/h6-7,9H,2-5,8,17H2,1H3,(H,20,21). The average Bonchev–Trinajstić information content (AvgIpc) is 2.50. The first-order chi connectivity index (χ1) is 10.7. The number of nitrogens with two attached hydrogens (primary N) is 1. The van der Waals surface area contributed by atoms with Crippen molar-refractivity contribution in [2.75, 3.05) is 0 Å². The summed E-state index contributed by atoms with van der Waals surface area (Å²) >= 11 is 5.90. The van der Waals surface area contributed by atoms with Crippen molar-refractivity contribution in [3.63, 3.8) is 0 Å². The number of benzene rings is 1. The molecule has 0 aromatic heterocycles. The smallest absolute Gasteiger partial charge is 0.331 e. The molecule has 1 aromatic rings. The zero-order chi connectivity index (χ0) is 17.6. The number of nitrogens with zero attached hydrogens (tertiary/aromatic N) is 1. The topological polar surface area (TPSA) is 124 Å². The van der Waals surface area contributed by atoms with Crippen LogP contribution in [0, 0.1) is 10.1 Å². The Morgan fingerprint density at radius 3 is 2.52 bits per heavy atom. The average molecular weight is 343 g/mol. The van der Waals surface area contributed by atoms with E-state index in [4.69, 9.17) is 17.3 Å². The second-order valence-electron chi connectivity index (χ2n) is 5.34. The molecule has 0 fully saturated rings. The van der Waals surface area contributed by atoms with Crippen molar-refractivity contribution in [1.29, 1.82) is 0 Å². The van der Waals surface area contributed by atoms with Crippen molar-refractivity contribution in [2.45, 2.75) is 44.6 Å². The number of carbonyl (C=O) groups excluding carboxylic acids is 1. The van der Waals surface area contributed by atoms with Gasteiger partial charge in [-0.05, 0) is 12.5 Å². The van der Waals surface area contributed by atoms with E-state index in [1.807, 2.05) is 6.92 Å².